The van der Waals surface area contributed by atoms with Gasteiger partial charge in [-0.25, -0.2) is 9.98 Å². The second kappa shape index (κ2) is 9.48. The number of hydrogen-bond donors (Lipinski definition) is 4. The number of benzene rings is 2. The van der Waals surface area contributed by atoms with Crippen molar-refractivity contribution in [3.8, 4) is 11.3 Å². The van der Waals surface area contributed by atoms with E-state index in [-0.39, 0.29) is 18.9 Å². The summed E-state index contributed by atoms with van der Waals surface area (Å²) in [6.45, 7) is 0.282. The summed E-state index contributed by atoms with van der Waals surface area (Å²) in [6.07, 6.45) is 3.09. The number of carboxylic acid groups (broad SMARTS) is 1. The summed E-state index contributed by atoms with van der Waals surface area (Å²) in [5, 5.41) is 11.4. The van der Waals surface area contributed by atoms with Crippen LogP contribution in [0.25, 0.3) is 11.3 Å². The van der Waals surface area contributed by atoms with Crippen LogP contribution in [0.3, 0.4) is 0 Å². The number of aliphatic carboxylic acids is 1. The maximum atomic E-state index is 12.3. The van der Waals surface area contributed by atoms with Gasteiger partial charge in [0.25, 0.3) is 5.91 Å². The molecule has 3 aromatic rings. The molecule has 0 aliphatic heterocycles. The number of nitrogens with zero attached hydrogens (tertiary/aromatic N) is 2. The van der Waals surface area contributed by atoms with Crippen LogP contribution in [0.1, 0.15) is 21.5 Å². The standard InChI is InChI=1S/C21H21N5O4/c22-17(20(28)29)9-13-4-6-15(7-5-13)19(27)26-21(23)24-10-14-2-1-3-16(8-14)18-11-30-12-25-18/h1-8,11-12,17H,9-10,22H2,(H,28,29)(H3,23,24,26,27). The third kappa shape index (κ3) is 5.52. The van der Waals surface area contributed by atoms with Crippen LogP contribution in [0.4, 0.5) is 0 Å². The lowest BCUT2D eigenvalue weighted by molar-refractivity contribution is -0.138. The van der Waals surface area contributed by atoms with Crippen molar-refractivity contribution in [1.82, 2.24) is 10.3 Å². The lowest BCUT2D eigenvalue weighted by Gasteiger charge is -2.08. The van der Waals surface area contributed by atoms with Crippen molar-refractivity contribution < 1.29 is 19.1 Å². The fourth-order valence-electron chi connectivity index (χ4n) is 2.72. The number of nitrogens with two attached hydrogens (primary N) is 2. The van der Waals surface area contributed by atoms with Gasteiger partial charge in [-0.2, -0.15) is 0 Å². The fraction of sp³-hybridized carbons (Fsp3) is 0.143. The van der Waals surface area contributed by atoms with E-state index in [0.717, 1.165) is 22.4 Å². The van der Waals surface area contributed by atoms with E-state index < -0.39 is 17.9 Å². The summed E-state index contributed by atoms with van der Waals surface area (Å²) >= 11 is 0. The minimum atomic E-state index is -1.08. The minimum Gasteiger partial charge on any atom is -0.480 e. The highest BCUT2D eigenvalue weighted by Gasteiger charge is 2.13. The van der Waals surface area contributed by atoms with Crippen molar-refractivity contribution in [2.24, 2.45) is 16.5 Å². The molecule has 6 N–H and O–H groups in total. The number of carbonyl (C=O) groups is 2. The predicted molar refractivity (Wildman–Crippen MR) is 110 cm³/mol. The second-order valence-corrected chi connectivity index (χ2v) is 6.58. The molecule has 0 spiro atoms. The molecule has 1 amide bonds. The largest absolute Gasteiger partial charge is 0.480 e. The molecule has 30 heavy (non-hydrogen) atoms. The van der Waals surface area contributed by atoms with Crippen molar-refractivity contribution in [2.75, 3.05) is 0 Å². The van der Waals surface area contributed by atoms with E-state index in [9.17, 15) is 9.59 Å². The van der Waals surface area contributed by atoms with Crippen LogP contribution in [0.5, 0.6) is 0 Å². The van der Waals surface area contributed by atoms with Gasteiger partial charge in [-0.3, -0.25) is 14.9 Å². The van der Waals surface area contributed by atoms with Crippen molar-refractivity contribution in [2.45, 2.75) is 19.0 Å². The first-order valence-electron chi connectivity index (χ1n) is 9.08. The van der Waals surface area contributed by atoms with Gasteiger partial charge in [-0.1, -0.05) is 30.3 Å². The molecule has 0 bridgehead atoms. The zero-order chi connectivity index (χ0) is 21.5. The van der Waals surface area contributed by atoms with E-state index in [1.54, 1.807) is 30.5 Å². The van der Waals surface area contributed by atoms with E-state index in [1.165, 1.54) is 6.39 Å². The van der Waals surface area contributed by atoms with E-state index in [1.807, 2.05) is 24.3 Å². The van der Waals surface area contributed by atoms with Crippen molar-refractivity contribution in [3.63, 3.8) is 0 Å². The molecule has 2 aromatic carbocycles. The number of guanidine groups is 1. The molecular formula is C21H21N5O4. The topological polar surface area (TPSA) is 157 Å². The molecule has 1 unspecified atom stereocenters. The van der Waals surface area contributed by atoms with Crippen molar-refractivity contribution >= 4 is 17.8 Å². The maximum absolute atomic E-state index is 12.3. The molecule has 3 rings (SSSR count). The Morgan fingerprint density at radius 1 is 1.17 bits per heavy atom. The van der Waals surface area contributed by atoms with Crippen LogP contribution in [-0.4, -0.2) is 34.0 Å². The zero-order valence-electron chi connectivity index (χ0n) is 16.0. The number of aliphatic imine (C=N–C) groups is 1. The minimum absolute atomic E-state index is 0.0104. The first-order chi connectivity index (χ1) is 14.4. The van der Waals surface area contributed by atoms with Crippen molar-refractivity contribution in [1.29, 1.82) is 0 Å². The van der Waals surface area contributed by atoms with Crippen molar-refractivity contribution in [3.05, 3.63) is 77.9 Å². The summed E-state index contributed by atoms with van der Waals surface area (Å²) in [7, 11) is 0. The van der Waals surface area contributed by atoms with Crippen LogP contribution in [0.2, 0.25) is 0 Å². The number of hydrogen-bond acceptors (Lipinski definition) is 6. The van der Waals surface area contributed by atoms with Gasteiger partial charge in [0.15, 0.2) is 12.4 Å². The first-order valence-corrected chi connectivity index (χ1v) is 9.08. The molecule has 1 aromatic heterocycles. The maximum Gasteiger partial charge on any atom is 0.320 e. The van der Waals surface area contributed by atoms with Gasteiger partial charge in [0.2, 0.25) is 0 Å². The van der Waals surface area contributed by atoms with Gasteiger partial charge < -0.3 is 21.0 Å². The second-order valence-electron chi connectivity index (χ2n) is 6.58. The van der Waals surface area contributed by atoms with Crippen LogP contribution in [0.15, 0.2) is 70.6 Å². The average Bonchev–Trinajstić information content (AvgIpc) is 3.28. The number of amides is 1. The van der Waals surface area contributed by atoms with Gasteiger partial charge in [0.1, 0.15) is 18.0 Å². The highest BCUT2D eigenvalue weighted by atomic mass is 16.4. The molecular weight excluding hydrogens is 386 g/mol. The normalized spacial score (nSPS) is 12.4. The molecule has 0 saturated carbocycles. The Morgan fingerprint density at radius 3 is 2.60 bits per heavy atom. The van der Waals surface area contributed by atoms with E-state index in [0.29, 0.717) is 5.56 Å². The Balaban J connectivity index is 1.58. The van der Waals surface area contributed by atoms with Gasteiger partial charge >= 0.3 is 5.97 Å². The molecule has 0 fully saturated rings. The van der Waals surface area contributed by atoms with Gasteiger partial charge in [0, 0.05) is 11.1 Å². The molecule has 0 saturated heterocycles. The fourth-order valence-corrected chi connectivity index (χ4v) is 2.72. The summed E-state index contributed by atoms with van der Waals surface area (Å²) in [6, 6.07) is 13.1. The molecule has 9 heteroatoms. The average molecular weight is 407 g/mol. The van der Waals surface area contributed by atoms with Gasteiger partial charge in [-0.05, 0) is 35.7 Å². The summed E-state index contributed by atoms with van der Waals surface area (Å²) in [5.74, 6) is -1.50. The molecule has 154 valence electrons. The van der Waals surface area contributed by atoms with E-state index in [4.69, 9.17) is 21.0 Å². The Labute approximate surface area is 172 Å². The monoisotopic (exact) mass is 407 g/mol. The van der Waals surface area contributed by atoms with Crippen LogP contribution in [0, 0.1) is 0 Å². The molecule has 0 aliphatic rings. The SMILES string of the molecule is NC(=NCc1cccc(-c2cocn2)c1)NC(=O)c1ccc(CC(N)C(=O)O)cc1. The quantitative estimate of drug-likeness (QED) is 0.342. The summed E-state index contributed by atoms with van der Waals surface area (Å²) < 4.78 is 4.99. The Morgan fingerprint density at radius 2 is 1.93 bits per heavy atom. The Kier molecular flexibility index (Phi) is 6.56. The van der Waals surface area contributed by atoms with Crippen LogP contribution in [-0.2, 0) is 17.8 Å². The zero-order valence-corrected chi connectivity index (χ0v) is 16.0. The third-order valence-corrected chi connectivity index (χ3v) is 4.32. The summed E-state index contributed by atoms with van der Waals surface area (Å²) in [4.78, 5) is 31.4. The molecule has 0 radical (unpaired) electrons. The number of aromatic nitrogens is 1. The highest BCUT2D eigenvalue weighted by Crippen LogP contribution is 2.18. The highest BCUT2D eigenvalue weighted by molar-refractivity contribution is 6.05. The molecule has 0 aliphatic carbocycles. The van der Waals surface area contributed by atoms with E-state index >= 15 is 0 Å². The number of carbonyl (C=O) groups excluding carboxylic acids is 1. The Bertz CT molecular complexity index is 1050. The number of oxazole rings is 1. The number of rotatable bonds is 7. The molecule has 1 atom stereocenters. The Hall–Kier alpha value is -3.98. The third-order valence-electron chi connectivity index (χ3n) is 4.32. The predicted octanol–water partition coefficient (Wildman–Crippen LogP) is 1.54. The lowest BCUT2D eigenvalue weighted by Crippen LogP contribution is -2.36. The summed E-state index contributed by atoms with van der Waals surface area (Å²) in [5.41, 5.74) is 14.9. The van der Waals surface area contributed by atoms with E-state index in [2.05, 4.69) is 15.3 Å². The number of carboxylic acids is 1. The molecule has 1 heterocycles. The van der Waals surface area contributed by atoms with Gasteiger partial charge in [-0.15, -0.1) is 0 Å². The first kappa shape index (κ1) is 20.7. The molecule has 9 nitrogen and oxygen atoms in total. The van der Waals surface area contributed by atoms with Crippen LogP contribution >= 0.6 is 0 Å². The van der Waals surface area contributed by atoms with Gasteiger partial charge in [0.05, 0.1) is 6.54 Å². The lowest BCUT2D eigenvalue weighted by atomic mass is 10.0. The number of nitrogens with one attached hydrogen (secondary N) is 1. The smallest absolute Gasteiger partial charge is 0.320 e. The van der Waals surface area contributed by atoms with Crippen LogP contribution < -0.4 is 16.8 Å².